The number of hydrogen-bond acceptors (Lipinski definition) is 1. The predicted octanol–water partition coefficient (Wildman–Crippen LogP) is 3.23. The zero-order chi connectivity index (χ0) is 8.91. The first-order valence-corrected chi connectivity index (χ1v) is 7.14. The lowest BCUT2D eigenvalue weighted by molar-refractivity contribution is 0.250. The molecule has 0 amide bonds. The van der Waals surface area contributed by atoms with Crippen molar-refractivity contribution in [2.24, 2.45) is 0 Å². The van der Waals surface area contributed by atoms with Gasteiger partial charge in [0.15, 0.2) is 8.32 Å². The van der Waals surface area contributed by atoms with Gasteiger partial charge in [0.05, 0.1) is 0 Å². The molecule has 0 heterocycles. The van der Waals surface area contributed by atoms with E-state index in [0.29, 0.717) is 0 Å². The topological polar surface area (TPSA) is 9.23 Å². The Labute approximate surface area is 72.3 Å². The van der Waals surface area contributed by atoms with Crippen LogP contribution in [-0.2, 0) is 4.43 Å². The molecule has 0 bridgehead atoms. The molecule has 0 aromatic rings. The smallest absolute Gasteiger partial charge is 0.192 e. The van der Waals surface area contributed by atoms with Crippen LogP contribution in [0.4, 0.5) is 0 Å². The van der Waals surface area contributed by atoms with E-state index in [1.165, 1.54) is 18.1 Å². The maximum atomic E-state index is 5.91. The maximum absolute atomic E-state index is 5.91. The van der Waals surface area contributed by atoms with E-state index < -0.39 is 8.32 Å². The second kappa shape index (κ2) is 4.94. The highest BCUT2D eigenvalue weighted by Crippen LogP contribution is 2.22. The lowest BCUT2D eigenvalue weighted by atomic mass is 10.5. The molecule has 1 unspecified atom stereocenters. The second-order valence-corrected chi connectivity index (χ2v) is 7.90. The Balaban J connectivity index is 4.05. The van der Waals surface area contributed by atoms with E-state index in [1.54, 1.807) is 0 Å². The van der Waals surface area contributed by atoms with Crippen molar-refractivity contribution < 1.29 is 4.43 Å². The molecule has 11 heavy (non-hydrogen) atoms. The third-order valence-electron chi connectivity index (χ3n) is 2.38. The van der Waals surface area contributed by atoms with Crippen LogP contribution in [0.25, 0.3) is 0 Å². The van der Waals surface area contributed by atoms with Gasteiger partial charge in [0.1, 0.15) is 0 Å². The molecule has 0 saturated carbocycles. The highest BCUT2D eigenvalue weighted by atomic mass is 28.4. The van der Waals surface area contributed by atoms with Gasteiger partial charge in [-0.1, -0.05) is 20.8 Å². The Morgan fingerprint density at radius 3 is 1.64 bits per heavy atom. The molecule has 0 fully saturated rings. The van der Waals surface area contributed by atoms with Gasteiger partial charge in [-0.15, -0.1) is 0 Å². The summed E-state index contributed by atoms with van der Waals surface area (Å²) in [7, 11) is -1.34. The van der Waals surface area contributed by atoms with Gasteiger partial charge in [-0.05, 0) is 32.0 Å². The molecule has 0 aromatic heterocycles. The lowest BCUT2D eigenvalue weighted by Gasteiger charge is -2.30. The highest BCUT2D eigenvalue weighted by molar-refractivity contribution is 6.73. The van der Waals surface area contributed by atoms with Crippen LogP contribution in [0.15, 0.2) is 0 Å². The fourth-order valence-corrected chi connectivity index (χ4v) is 4.28. The Hall–Kier alpha value is 0.177. The van der Waals surface area contributed by atoms with E-state index in [0.717, 1.165) is 0 Å². The van der Waals surface area contributed by atoms with Crippen LogP contribution < -0.4 is 0 Å². The molecule has 1 nitrogen and oxygen atoms in total. The van der Waals surface area contributed by atoms with Gasteiger partial charge in [-0.25, -0.2) is 0 Å². The zero-order valence-corrected chi connectivity index (χ0v) is 9.31. The summed E-state index contributed by atoms with van der Waals surface area (Å²) in [5.41, 5.74) is 0. The SMILES string of the molecule is [CH2]C(C)O[Si](CC)(CC)CC. The molecule has 1 atom stereocenters. The molecule has 67 valence electrons. The molecular formula is C9H21OSi. The number of hydrogen-bond donors (Lipinski definition) is 0. The monoisotopic (exact) mass is 173 g/mol. The largest absolute Gasteiger partial charge is 0.414 e. The van der Waals surface area contributed by atoms with Gasteiger partial charge in [0.25, 0.3) is 0 Å². The van der Waals surface area contributed by atoms with Crippen molar-refractivity contribution >= 4 is 8.32 Å². The zero-order valence-electron chi connectivity index (χ0n) is 8.31. The second-order valence-electron chi connectivity index (χ2n) is 3.17. The fraction of sp³-hybridized carbons (Fsp3) is 0.889. The minimum absolute atomic E-state index is 0.168. The van der Waals surface area contributed by atoms with Crippen molar-refractivity contribution in [2.75, 3.05) is 0 Å². The van der Waals surface area contributed by atoms with Crippen molar-refractivity contribution in [1.29, 1.82) is 0 Å². The minimum atomic E-state index is -1.34. The maximum Gasteiger partial charge on any atom is 0.192 e. The minimum Gasteiger partial charge on any atom is -0.414 e. The average molecular weight is 173 g/mol. The van der Waals surface area contributed by atoms with Crippen LogP contribution in [0.1, 0.15) is 27.7 Å². The van der Waals surface area contributed by atoms with E-state index in [4.69, 9.17) is 4.43 Å². The molecule has 0 N–H and O–H groups in total. The van der Waals surface area contributed by atoms with Crippen molar-refractivity contribution in [3.8, 4) is 0 Å². The van der Waals surface area contributed by atoms with Crippen molar-refractivity contribution in [3.63, 3.8) is 0 Å². The quantitative estimate of drug-likeness (QED) is 0.580. The molecule has 2 heteroatoms. The van der Waals surface area contributed by atoms with Crippen LogP contribution in [0, 0.1) is 6.92 Å². The third kappa shape index (κ3) is 3.39. The summed E-state index contributed by atoms with van der Waals surface area (Å²) in [6.07, 6.45) is 0.168. The molecule has 0 saturated heterocycles. The molecular weight excluding hydrogens is 152 g/mol. The predicted molar refractivity (Wildman–Crippen MR) is 53.1 cm³/mol. The van der Waals surface area contributed by atoms with Crippen molar-refractivity contribution in [3.05, 3.63) is 6.92 Å². The van der Waals surface area contributed by atoms with Gasteiger partial charge in [0.2, 0.25) is 0 Å². The summed E-state index contributed by atoms with van der Waals surface area (Å²) in [5, 5.41) is 0. The summed E-state index contributed by atoms with van der Waals surface area (Å²) >= 11 is 0. The highest BCUT2D eigenvalue weighted by Gasteiger charge is 2.29. The third-order valence-corrected chi connectivity index (χ3v) is 7.15. The van der Waals surface area contributed by atoms with Crippen LogP contribution >= 0.6 is 0 Å². The van der Waals surface area contributed by atoms with Gasteiger partial charge >= 0.3 is 0 Å². The van der Waals surface area contributed by atoms with E-state index in [-0.39, 0.29) is 6.10 Å². The van der Waals surface area contributed by atoms with Gasteiger partial charge in [-0.2, -0.15) is 0 Å². The Morgan fingerprint density at radius 2 is 1.55 bits per heavy atom. The molecule has 0 aliphatic rings. The first kappa shape index (κ1) is 11.2. The van der Waals surface area contributed by atoms with E-state index in [9.17, 15) is 0 Å². The number of rotatable bonds is 5. The average Bonchev–Trinajstić information content (AvgIpc) is 2.00. The van der Waals surface area contributed by atoms with Crippen LogP contribution in [0.3, 0.4) is 0 Å². The lowest BCUT2D eigenvalue weighted by Crippen LogP contribution is -2.38. The van der Waals surface area contributed by atoms with Crippen LogP contribution in [0.2, 0.25) is 18.1 Å². The Morgan fingerprint density at radius 1 is 1.18 bits per heavy atom. The first-order chi connectivity index (χ1) is 5.10. The fourth-order valence-electron chi connectivity index (χ4n) is 1.43. The normalized spacial score (nSPS) is 12.5. The molecule has 0 rings (SSSR count). The van der Waals surface area contributed by atoms with E-state index >= 15 is 0 Å². The first-order valence-electron chi connectivity index (χ1n) is 4.61. The van der Waals surface area contributed by atoms with Crippen molar-refractivity contribution in [2.45, 2.75) is 51.9 Å². The van der Waals surface area contributed by atoms with Gasteiger partial charge in [-0.3, -0.25) is 0 Å². The summed E-state index contributed by atoms with van der Waals surface area (Å²) in [6.45, 7) is 12.6. The molecule has 0 aliphatic carbocycles. The Bertz CT molecular complexity index is 89.5. The van der Waals surface area contributed by atoms with Gasteiger partial charge < -0.3 is 4.43 Å². The standard InChI is InChI=1S/C9H21OSi/c1-6-11(7-2,8-3)10-9(4)5/h9H,4,6-8H2,1-3,5H3. The van der Waals surface area contributed by atoms with Crippen molar-refractivity contribution in [1.82, 2.24) is 0 Å². The van der Waals surface area contributed by atoms with Gasteiger partial charge in [0, 0.05) is 6.10 Å². The van der Waals surface area contributed by atoms with E-state index in [1.807, 2.05) is 6.92 Å². The van der Waals surface area contributed by atoms with Crippen LogP contribution in [-0.4, -0.2) is 14.4 Å². The summed E-state index contributed by atoms with van der Waals surface area (Å²) in [5.74, 6) is 0. The molecule has 0 aromatic carbocycles. The molecule has 0 aliphatic heterocycles. The molecule has 0 spiro atoms. The summed E-state index contributed by atoms with van der Waals surface area (Å²) < 4.78 is 5.91. The Kier molecular flexibility index (Phi) is 5.02. The van der Waals surface area contributed by atoms with Crippen LogP contribution in [0.5, 0.6) is 0 Å². The summed E-state index contributed by atoms with van der Waals surface area (Å²) in [4.78, 5) is 0. The van der Waals surface area contributed by atoms with E-state index in [2.05, 4.69) is 27.7 Å². The molecule has 1 radical (unpaired) electrons. The summed E-state index contributed by atoms with van der Waals surface area (Å²) in [6, 6.07) is 3.67.